The van der Waals surface area contributed by atoms with Gasteiger partial charge in [-0.25, -0.2) is 0 Å². The van der Waals surface area contributed by atoms with E-state index in [1.807, 2.05) is 24.3 Å². The van der Waals surface area contributed by atoms with Crippen LogP contribution in [0.3, 0.4) is 0 Å². The molecule has 1 aromatic carbocycles. The summed E-state index contributed by atoms with van der Waals surface area (Å²) in [5.74, 6) is 0. The van der Waals surface area contributed by atoms with Gasteiger partial charge in [-0.1, -0.05) is 6.08 Å². The predicted molar refractivity (Wildman–Crippen MR) is 63.1 cm³/mol. The van der Waals surface area contributed by atoms with Crippen LogP contribution in [0.5, 0.6) is 0 Å². The standard InChI is InChI=1S/C13H9N3/c14-7-8-1-3-12-10(5-8)11-6-9(15)2-4-13(11)16-12/h1-3,5-6H,4,15H2. The summed E-state index contributed by atoms with van der Waals surface area (Å²) in [6.45, 7) is 0. The maximum Gasteiger partial charge on any atom is 0.0991 e. The lowest BCUT2D eigenvalue weighted by molar-refractivity contribution is 1.32. The van der Waals surface area contributed by atoms with Crippen molar-refractivity contribution in [2.45, 2.75) is 6.42 Å². The molecule has 0 bridgehead atoms. The van der Waals surface area contributed by atoms with Crippen LogP contribution in [0.1, 0.15) is 17.5 Å². The van der Waals surface area contributed by atoms with E-state index in [4.69, 9.17) is 11.0 Å². The van der Waals surface area contributed by atoms with Gasteiger partial charge in [-0.15, -0.1) is 0 Å². The van der Waals surface area contributed by atoms with E-state index in [-0.39, 0.29) is 0 Å². The second kappa shape index (κ2) is 3.07. The second-order valence-corrected chi connectivity index (χ2v) is 3.87. The lowest BCUT2D eigenvalue weighted by Gasteiger charge is -2.08. The van der Waals surface area contributed by atoms with Gasteiger partial charge in [0.05, 0.1) is 23.0 Å². The minimum atomic E-state index is 0.657. The molecule has 0 spiro atoms. The van der Waals surface area contributed by atoms with Crippen molar-refractivity contribution in [3.63, 3.8) is 0 Å². The van der Waals surface area contributed by atoms with Gasteiger partial charge in [0.15, 0.2) is 0 Å². The van der Waals surface area contributed by atoms with Crippen LogP contribution in [0.4, 0.5) is 5.69 Å². The van der Waals surface area contributed by atoms with Gasteiger partial charge < -0.3 is 5.73 Å². The number of hydrogen-bond acceptors (Lipinski definition) is 3. The van der Waals surface area contributed by atoms with Crippen molar-refractivity contribution < 1.29 is 0 Å². The van der Waals surface area contributed by atoms with Gasteiger partial charge in [0.25, 0.3) is 0 Å². The first-order valence-electron chi connectivity index (χ1n) is 5.08. The van der Waals surface area contributed by atoms with E-state index in [2.05, 4.69) is 11.1 Å². The smallest absolute Gasteiger partial charge is 0.0991 e. The molecule has 0 amide bonds. The zero-order valence-electron chi connectivity index (χ0n) is 8.57. The second-order valence-electron chi connectivity index (χ2n) is 3.87. The number of nitrogens with zero attached hydrogens (tertiary/aromatic N) is 2. The van der Waals surface area contributed by atoms with Crippen LogP contribution in [0, 0.1) is 11.3 Å². The molecule has 3 heteroatoms. The molecule has 3 rings (SSSR count). The topological polar surface area (TPSA) is 62.2 Å². The molecule has 0 saturated carbocycles. The molecular formula is C13H9N3. The van der Waals surface area contributed by atoms with Gasteiger partial charge in [-0.3, -0.25) is 4.99 Å². The first-order valence-corrected chi connectivity index (χ1v) is 5.08. The van der Waals surface area contributed by atoms with E-state index < -0.39 is 0 Å². The maximum absolute atomic E-state index is 8.87. The fourth-order valence-corrected chi connectivity index (χ4v) is 2.04. The maximum atomic E-state index is 8.87. The van der Waals surface area contributed by atoms with Gasteiger partial charge in [0.1, 0.15) is 0 Å². The van der Waals surface area contributed by atoms with Crippen LogP contribution >= 0.6 is 0 Å². The van der Waals surface area contributed by atoms with Crippen LogP contribution < -0.4 is 5.73 Å². The summed E-state index contributed by atoms with van der Waals surface area (Å²) in [5, 5.41) is 8.87. The van der Waals surface area contributed by atoms with E-state index in [9.17, 15) is 0 Å². The molecule has 0 fully saturated rings. The summed E-state index contributed by atoms with van der Waals surface area (Å²) < 4.78 is 0. The summed E-state index contributed by atoms with van der Waals surface area (Å²) in [6.07, 6.45) is 4.66. The lowest BCUT2D eigenvalue weighted by atomic mass is 9.95. The number of allylic oxidation sites excluding steroid dienone is 3. The molecule has 2 N–H and O–H groups in total. The quantitative estimate of drug-likeness (QED) is 0.709. The van der Waals surface area contributed by atoms with Crippen molar-refractivity contribution >= 4 is 17.0 Å². The summed E-state index contributed by atoms with van der Waals surface area (Å²) in [6, 6.07) is 7.69. The van der Waals surface area contributed by atoms with Crippen molar-refractivity contribution in [2.24, 2.45) is 10.7 Å². The number of nitriles is 1. The molecule has 1 aromatic rings. The molecule has 3 nitrogen and oxygen atoms in total. The fourth-order valence-electron chi connectivity index (χ4n) is 2.04. The Morgan fingerprint density at radius 2 is 2.25 bits per heavy atom. The normalized spacial score (nSPS) is 16.6. The van der Waals surface area contributed by atoms with Gasteiger partial charge in [0, 0.05) is 23.3 Å². The average molecular weight is 207 g/mol. The highest BCUT2D eigenvalue weighted by Gasteiger charge is 2.22. The molecule has 76 valence electrons. The number of fused-ring (bicyclic) bond motifs is 3. The third kappa shape index (κ3) is 1.17. The Morgan fingerprint density at radius 3 is 3.06 bits per heavy atom. The van der Waals surface area contributed by atoms with Gasteiger partial charge in [0.2, 0.25) is 0 Å². The highest BCUT2D eigenvalue weighted by molar-refractivity contribution is 6.30. The Balaban J connectivity index is 2.20. The van der Waals surface area contributed by atoms with Gasteiger partial charge in [-0.2, -0.15) is 5.26 Å². The van der Waals surface area contributed by atoms with Crippen LogP contribution in [0.15, 0.2) is 41.0 Å². The van der Waals surface area contributed by atoms with E-state index in [0.717, 1.165) is 34.7 Å². The summed E-state index contributed by atoms with van der Waals surface area (Å²) in [4.78, 5) is 4.52. The monoisotopic (exact) mass is 207 g/mol. The Morgan fingerprint density at radius 1 is 1.38 bits per heavy atom. The third-order valence-corrected chi connectivity index (χ3v) is 2.82. The minimum Gasteiger partial charge on any atom is -0.399 e. The molecule has 2 aliphatic rings. The summed E-state index contributed by atoms with van der Waals surface area (Å²) >= 11 is 0. The average Bonchev–Trinajstić information content (AvgIpc) is 2.66. The largest absolute Gasteiger partial charge is 0.399 e. The Labute approximate surface area is 93.2 Å². The van der Waals surface area contributed by atoms with Crippen molar-refractivity contribution in [1.82, 2.24) is 0 Å². The highest BCUT2D eigenvalue weighted by atomic mass is 14.8. The van der Waals surface area contributed by atoms with Crippen LogP contribution in [0.25, 0.3) is 5.57 Å². The number of rotatable bonds is 0. The van der Waals surface area contributed by atoms with Gasteiger partial charge in [-0.05, 0) is 24.3 Å². The molecule has 16 heavy (non-hydrogen) atoms. The Hall–Kier alpha value is -2.34. The molecule has 1 aliphatic heterocycles. The number of hydrogen-bond donors (Lipinski definition) is 1. The van der Waals surface area contributed by atoms with E-state index in [1.54, 1.807) is 6.07 Å². The van der Waals surface area contributed by atoms with Gasteiger partial charge >= 0.3 is 0 Å². The Bertz CT molecular complexity index is 613. The van der Waals surface area contributed by atoms with Crippen LogP contribution in [0.2, 0.25) is 0 Å². The highest BCUT2D eigenvalue weighted by Crippen LogP contribution is 2.38. The molecule has 1 heterocycles. The number of benzene rings is 1. The molecule has 0 aromatic heterocycles. The summed E-state index contributed by atoms with van der Waals surface area (Å²) in [5.41, 5.74) is 11.3. The predicted octanol–water partition coefficient (Wildman–Crippen LogP) is 2.27. The lowest BCUT2D eigenvalue weighted by Crippen LogP contribution is -2.06. The minimum absolute atomic E-state index is 0.657. The van der Waals surface area contributed by atoms with Crippen molar-refractivity contribution in [2.75, 3.05) is 0 Å². The Kier molecular flexibility index (Phi) is 1.72. The zero-order chi connectivity index (χ0) is 11.1. The molecule has 0 atom stereocenters. The van der Waals surface area contributed by atoms with E-state index in [1.165, 1.54) is 0 Å². The van der Waals surface area contributed by atoms with Crippen LogP contribution in [-0.4, -0.2) is 5.71 Å². The number of nitrogens with two attached hydrogens (primary N) is 1. The zero-order valence-corrected chi connectivity index (χ0v) is 8.57. The molecule has 0 saturated heterocycles. The SMILES string of the molecule is N#Cc1ccc2c(c1)C1=CC(N)=CCC1=N2. The third-order valence-electron chi connectivity index (χ3n) is 2.82. The molecule has 0 unspecified atom stereocenters. The van der Waals surface area contributed by atoms with Crippen molar-refractivity contribution in [1.29, 1.82) is 5.26 Å². The van der Waals surface area contributed by atoms with Crippen molar-refractivity contribution in [3.05, 3.63) is 47.2 Å². The first-order chi connectivity index (χ1) is 7.78. The van der Waals surface area contributed by atoms with Crippen LogP contribution in [-0.2, 0) is 0 Å². The fraction of sp³-hybridized carbons (Fsp3) is 0.0769. The van der Waals surface area contributed by atoms with E-state index >= 15 is 0 Å². The molecule has 0 radical (unpaired) electrons. The number of aliphatic imine (C=N–C) groups is 1. The molecular weight excluding hydrogens is 198 g/mol. The first kappa shape index (κ1) is 8.93. The van der Waals surface area contributed by atoms with Crippen molar-refractivity contribution in [3.8, 4) is 6.07 Å². The molecule has 1 aliphatic carbocycles. The summed E-state index contributed by atoms with van der Waals surface area (Å²) in [7, 11) is 0. The van der Waals surface area contributed by atoms with E-state index in [0.29, 0.717) is 5.56 Å².